The Hall–Kier alpha value is -5.92. The predicted octanol–water partition coefficient (Wildman–Crippen LogP) is 12.3. The second-order valence-corrected chi connectivity index (χ2v) is 24.1. The zero-order chi connectivity index (χ0) is 56.9. The Bertz CT molecular complexity index is 2960. The van der Waals surface area contributed by atoms with E-state index >= 15 is 0 Å². The molecule has 438 valence electrons. The Morgan fingerprint density at radius 2 is 0.590 bits per heavy atom. The van der Waals surface area contributed by atoms with E-state index in [1.54, 1.807) is 0 Å². The largest absolute Gasteiger partial charge is 1.00 e. The molecule has 0 spiro atoms. The Balaban J connectivity index is 0.000000218. The molecular formula is C66H72BCuF4N2O7P2+2. The second-order valence-electron chi connectivity index (χ2n) is 19.2. The van der Waals surface area contributed by atoms with Crippen LogP contribution in [-0.4, -0.2) is 96.5 Å². The van der Waals surface area contributed by atoms with Crippen LogP contribution in [0.3, 0.4) is 0 Å². The molecule has 0 radical (unpaired) electrons. The van der Waals surface area contributed by atoms with Gasteiger partial charge in [0.15, 0.2) is 11.5 Å². The van der Waals surface area contributed by atoms with E-state index in [4.69, 9.17) is 43.1 Å². The second kappa shape index (κ2) is 36.0. The summed E-state index contributed by atoms with van der Waals surface area (Å²) in [6.07, 6.45) is 5.53. The van der Waals surface area contributed by atoms with Gasteiger partial charge >= 0.3 is 24.3 Å². The van der Waals surface area contributed by atoms with E-state index in [2.05, 4.69) is 206 Å². The van der Waals surface area contributed by atoms with E-state index in [0.717, 1.165) is 96.4 Å². The summed E-state index contributed by atoms with van der Waals surface area (Å²) in [5.41, 5.74) is 4.07. The average Bonchev–Trinajstić information content (AvgIpc) is 3.67. The van der Waals surface area contributed by atoms with Gasteiger partial charge in [-0.05, 0) is 123 Å². The molecule has 7 aromatic carbocycles. The van der Waals surface area contributed by atoms with Crippen molar-refractivity contribution < 1.29 is 67.5 Å². The molecule has 3 heterocycles. The smallest absolute Gasteiger partial charge is 0.449 e. The molecule has 2 aromatic heterocycles. The van der Waals surface area contributed by atoms with Crippen LogP contribution in [0.4, 0.5) is 17.3 Å². The quantitative estimate of drug-likeness (QED) is 0.0638. The van der Waals surface area contributed by atoms with Gasteiger partial charge in [-0.1, -0.05) is 121 Å². The summed E-state index contributed by atoms with van der Waals surface area (Å²) in [5.74, 6) is 1.85. The van der Waals surface area contributed by atoms with E-state index in [1.165, 1.54) is 31.8 Å². The van der Waals surface area contributed by atoms with E-state index in [-0.39, 0.29) is 17.1 Å². The number of benzene rings is 7. The number of hydrogen-bond acceptors (Lipinski definition) is 9. The first-order chi connectivity index (χ1) is 40.3. The summed E-state index contributed by atoms with van der Waals surface area (Å²) in [6.45, 7) is 7.57. The molecule has 4 bridgehead atoms. The Morgan fingerprint density at radius 1 is 0.325 bits per heavy atom. The number of aromatic nitrogens is 2. The van der Waals surface area contributed by atoms with Gasteiger partial charge in [-0.2, -0.15) is 0 Å². The van der Waals surface area contributed by atoms with Crippen molar-refractivity contribution in [1.82, 2.24) is 9.97 Å². The van der Waals surface area contributed by atoms with Gasteiger partial charge in [0.25, 0.3) is 0 Å². The standard InChI is InChI=1S/C36H28OP2.C30H42N2O6.BF4.Cu/c1-5-17-29(18-6-1)38(30-19-7-2-8-20-30)35-27-15-13-25-33(35)37-34-26-14-16-28-36(34)39(31-21-9-3-10-22-31)32-23-11-4-12-24-32;1-2-14-34-18-22-38-24-20-36-16-4-6-28-12-10-26-8-7-25-9-11-27(31-29(25)30(26)32-28)5-3-15-35-19-23-37-21-17-33-13-1;2-1(3,4)5;/h1-28H;7-12H,1-6,13-24H2;;/q;;-1;+1/p+2. The van der Waals surface area contributed by atoms with Gasteiger partial charge in [0.2, 0.25) is 0 Å². The van der Waals surface area contributed by atoms with Crippen LogP contribution in [0, 0.1) is 0 Å². The molecule has 9 nitrogen and oxygen atoms in total. The summed E-state index contributed by atoms with van der Waals surface area (Å²) < 4.78 is 79.8. The van der Waals surface area contributed by atoms with E-state index < -0.39 is 23.1 Å². The van der Waals surface area contributed by atoms with Crippen molar-refractivity contribution in [1.29, 1.82) is 0 Å². The molecule has 1 aliphatic heterocycles. The topological polar surface area (TPSA) is 90.4 Å². The molecule has 0 aliphatic carbocycles. The van der Waals surface area contributed by atoms with Crippen molar-refractivity contribution >= 4 is 76.7 Å². The van der Waals surface area contributed by atoms with Gasteiger partial charge in [-0.3, -0.25) is 9.97 Å². The minimum atomic E-state index is -6.00. The van der Waals surface area contributed by atoms with Gasteiger partial charge in [-0.15, -0.1) is 0 Å². The van der Waals surface area contributed by atoms with Crippen LogP contribution in [0.1, 0.15) is 37.1 Å². The third-order valence-electron chi connectivity index (χ3n) is 13.2. The normalized spacial score (nSPS) is 14.9. The van der Waals surface area contributed by atoms with Gasteiger partial charge in [0, 0.05) is 48.6 Å². The minimum Gasteiger partial charge on any atom is -0.449 e. The SMILES string of the molecule is F[B-](F)(F)F.[Cu+].c1cc2ccc3ccc4nc3c2nc1CCCOCCOCCOCCCCOCCOCCOCCC4.c1ccc([PH+](c2ccccc2)c2ccccc2Oc2ccccc2[PH+](c2ccccc2)c2ccccc2)cc1. The van der Waals surface area contributed by atoms with E-state index in [0.29, 0.717) is 66.1 Å². The summed E-state index contributed by atoms with van der Waals surface area (Å²) in [5, 5.41) is 10.1. The first kappa shape index (κ1) is 64.6. The van der Waals surface area contributed by atoms with Gasteiger partial charge in [0.05, 0.1) is 63.9 Å². The molecule has 0 unspecified atom stereocenters. The molecule has 1 aliphatic rings. The molecule has 0 saturated carbocycles. The number of rotatable bonds is 8. The fourth-order valence-corrected chi connectivity index (χ4v) is 14.6. The van der Waals surface area contributed by atoms with Crippen LogP contribution in [0.2, 0.25) is 0 Å². The maximum Gasteiger partial charge on any atom is 1.00 e. The number of para-hydroxylation sites is 2. The van der Waals surface area contributed by atoms with Crippen LogP contribution in [0.5, 0.6) is 11.5 Å². The number of aryl methyl sites for hydroxylation is 2. The summed E-state index contributed by atoms with van der Waals surface area (Å²) in [4.78, 5) is 9.96. The van der Waals surface area contributed by atoms with Crippen molar-refractivity contribution in [2.75, 3.05) is 79.3 Å². The maximum atomic E-state index is 9.75. The molecule has 83 heavy (non-hydrogen) atoms. The van der Waals surface area contributed by atoms with Gasteiger partial charge in [0.1, 0.15) is 47.7 Å². The predicted molar refractivity (Wildman–Crippen MR) is 331 cm³/mol. The molecule has 10 rings (SSSR count). The molecule has 0 atom stereocenters. The minimum absolute atomic E-state index is 0. The Labute approximate surface area is 498 Å². The molecule has 0 saturated heterocycles. The van der Waals surface area contributed by atoms with Crippen LogP contribution in [0.15, 0.2) is 206 Å². The fourth-order valence-electron chi connectivity index (χ4n) is 9.35. The Morgan fingerprint density at radius 3 is 0.916 bits per heavy atom. The molecule has 9 aromatic rings. The monoisotopic (exact) mass is 1220 g/mol. The first-order valence-corrected chi connectivity index (χ1v) is 31.1. The van der Waals surface area contributed by atoms with Crippen LogP contribution >= 0.6 is 15.8 Å². The van der Waals surface area contributed by atoms with Crippen LogP contribution in [0.25, 0.3) is 21.8 Å². The third-order valence-corrected chi connectivity index (χ3v) is 18.7. The van der Waals surface area contributed by atoms with Crippen molar-refractivity contribution in [2.24, 2.45) is 0 Å². The zero-order valence-electron chi connectivity index (χ0n) is 46.5. The summed E-state index contributed by atoms with van der Waals surface area (Å²) in [7, 11) is -8.56. The average molecular weight is 1220 g/mol. The number of pyridine rings is 2. The molecule has 0 amide bonds. The first-order valence-electron chi connectivity index (χ1n) is 28.1. The van der Waals surface area contributed by atoms with Gasteiger partial charge < -0.3 is 50.4 Å². The van der Waals surface area contributed by atoms with Crippen molar-refractivity contribution in [2.45, 2.75) is 38.5 Å². The molecule has 0 fully saturated rings. The van der Waals surface area contributed by atoms with E-state index in [9.17, 15) is 17.3 Å². The third kappa shape index (κ3) is 21.9. The number of ether oxygens (including phenoxy) is 7. The van der Waals surface area contributed by atoms with Crippen molar-refractivity contribution in [3.8, 4) is 11.5 Å². The summed E-state index contributed by atoms with van der Waals surface area (Å²) in [6, 6.07) is 73.3. The fraction of sp³-hybridized carbons (Fsp3) is 0.273. The van der Waals surface area contributed by atoms with Gasteiger partial charge in [-0.25, -0.2) is 0 Å². The molecule has 0 N–H and O–H groups in total. The Kier molecular flexibility index (Phi) is 28.1. The number of nitrogens with zero attached hydrogens (tertiary/aromatic N) is 2. The van der Waals surface area contributed by atoms with Crippen molar-refractivity contribution in [3.63, 3.8) is 0 Å². The van der Waals surface area contributed by atoms with Crippen LogP contribution < -0.4 is 36.6 Å². The van der Waals surface area contributed by atoms with Crippen LogP contribution in [-0.2, 0) is 58.3 Å². The number of fused-ring (bicyclic) bond motifs is 2. The summed E-state index contributed by atoms with van der Waals surface area (Å²) >= 11 is 0. The number of hydrogen-bond donors (Lipinski definition) is 0. The maximum absolute atomic E-state index is 9.75. The van der Waals surface area contributed by atoms with Crippen molar-refractivity contribution in [3.05, 3.63) is 218 Å². The van der Waals surface area contributed by atoms with E-state index in [1.807, 2.05) is 0 Å². The molecule has 17 heteroatoms. The zero-order valence-corrected chi connectivity index (χ0v) is 49.4. The molecular weight excluding hydrogens is 1150 g/mol. The number of halogens is 4.